The van der Waals surface area contributed by atoms with Crippen molar-refractivity contribution in [2.45, 2.75) is 33.2 Å². The first-order chi connectivity index (χ1) is 6.31. The molecular formula is C8H18N2O3S. The van der Waals surface area contributed by atoms with Gasteiger partial charge in [0, 0.05) is 6.04 Å². The van der Waals surface area contributed by atoms with Crippen LogP contribution in [0.1, 0.15) is 27.2 Å². The highest BCUT2D eigenvalue weighted by Crippen LogP contribution is 2.07. The summed E-state index contributed by atoms with van der Waals surface area (Å²) in [6, 6.07) is -0.237. The van der Waals surface area contributed by atoms with Crippen LogP contribution in [0.25, 0.3) is 0 Å². The number of rotatable bonds is 6. The molecule has 0 unspecified atom stereocenters. The average Bonchev–Trinajstić information content (AvgIpc) is 1.99. The van der Waals surface area contributed by atoms with Crippen LogP contribution in [0.4, 0.5) is 0 Å². The maximum atomic E-state index is 11.6. The Bertz CT molecular complexity index is 285. The lowest BCUT2D eigenvalue weighted by Crippen LogP contribution is -2.43. The van der Waals surface area contributed by atoms with Crippen molar-refractivity contribution in [2.24, 2.45) is 5.73 Å². The zero-order valence-electron chi connectivity index (χ0n) is 8.86. The highest BCUT2D eigenvalue weighted by molar-refractivity contribution is 7.89. The molecule has 0 saturated carbocycles. The summed E-state index contributed by atoms with van der Waals surface area (Å²) in [5.74, 6) is -0.572. The number of carbonyl (C=O) groups is 1. The normalized spacial score (nSPS) is 12.4. The fourth-order valence-electron chi connectivity index (χ4n) is 1.13. The van der Waals surface area contributed by atoms with Gasteiger partial charge in [0.25, 0.3) is 0 Å². The largest absolute Gasteiger partial charge is 0.369 e. The molecule has 0 aliphatic rings. The Morgan fingerprint density at radius 3 is 2.21 bits per heavy atom. The maximum Gasteiger partial charge on any atom is 0.232 e. The first kappa shape index (κ1) is 13.4. The monoisotopic (exact) mass is 222 g/mol. The topological polar surface area (TPSA) is 80.5 Å². The molecule has 0 rings (SSSR count). The quantitative estimate of drug-likeness (QED) is 0.682. The van der Waals surface area contributed by atoms with Crippen molar-refractivity contribution in [3.8, 4) is 0 Å². The van der Waals surface area contributed by atoms with E-state index in [0.717, 1.165) is 4.31 Å². The zero-order chi connectivity index (χ0) is 11.4. The van der Waals surface area contributed by atoms with Crippen molar-refractivity contribution < 1.29 is 13.2 Å². The number of sulfonamides is 1. The summed E-state index contributed by atoms with van der Waals surface area (Å²) < 4.78 is 24.4. The number of hydrogen-bond donors (Lipinski definition) is 1. The minimum atomic E-state index is -3.33. The fourth-order valence-corrected chi connectivity index (χ4v) is 2.85. The van der Waals surface area contributed by atoms with Gasteiger partial charge in [-0.25, -0.2) is 8.42 Å². The average molecular weight is 222 g/mol. The Hall–Kier alpha value is -0.620. The smallest absolute Gasteiger partial charge is 0.232 e. The molecule has 0 aromatic heterocycles. The number of hydrogen-bond acceptors (Lipinski definition) is 3. The highest BCUT2D eigenvalue weighted by atomic mass is 32.2. The Balaban J connectivity index is 4.73. The van der Waals surface area contributed by atoms with Crippen LogP contribution in [0.5, 0.6) is 0 Å². The Morgan fingerprint density at radius 1 is 1.43 bits per heavy atom. The minimum Gasteiger partial charge on any atom is -0.369 e. The van der Waals surface area contributed by atoms with Crippen LogP contribution >= 0.6 is 0 Å². The summed E-state index contributed by atoms with van der Waals surface area (Å²) in [5.41, 5.74) is 4.98. The van der Waals surface area contributed by atoms with Crippen molar-refractivity contribution in [1.82, 2.24) is 4.31 Å². The van der Waals surface area contributed by atoms with Gasteiger partial charge in [-0.05, 0) is 20.3 Å². The van der Waals surface area contributed by atoms with E-state index in [2.05, 4.69) is 0 Å². The lowest BCUT2D eigenvalue weighted by atomic mass is 10.4. The molecule has 1 amide bonds. The van der Waals surface area contributed by atoms with Gasteiger partial charge in [-0.15, -0.1) is 0 Å². The lowest BCUT2D eigenvalue weighted by Gasteiger charge is -2.24. The molecule has 0 spiro atoms. The number of primary amides is 1. The molecule has 5 nitrogen and oxygen atoms in total. The van der Waals surface area contributed by atoms with E-state index in [9.17, 15) is 13.2 Å². The van der Waals surface area contributed by atoms with Crippen LogP contribution in [0.2, 0.25) is 0 Å². The molecule has 0 aromatic carbocycles. The number of amides is 1. The van der Waals surface area contributed by atoms with E-state index in [4.69, 9.17) is 5.73 Å². The van der Waals surface area contributed by atoms with Crippen LogP contribution < -0.4 is 5.73 Å². The van der Waals surface area contributed by atoms with Crippen molar-refractivity contribution in [1.29, 1.82) is 0 Å². The van der Waals surface area contributed by atoms with Gasteiger partial charge < -0.3 is 5.73 Å². The molecule has 0 aromatic rings. The van der Waals surface area contributed by atoms with E-state index in [1.165, 1.54) is 0 Å². The highest BCUT2D eigenvalue weighted by Gasteiger charge is 2.25. The minimum absolute atomic E-state index is 0.0540. The van der Waals surface area contributed by atoms with E-state index < -0.39 is 15.9 Å². The van der Waals surface area contributed by atoms with E-state index in [1.54, 1.807) is 20.8 Å². The van der Waals surface area contributed by atoms with Gasteiger partial charge in [0.15, 0.2) is 0 Å². The Kier molecular flexibility index (Phi) is 5.07. The van der Waals surface area contributed by atoms with Gasteiger partial charge in [-0.1, -0.05) is 6.92 Å². The molecule has 0 atom stereocenters. The summed E-state index contributed by atoms with van der Waals surface area (Å²) in [6.07, 6.45) is 0.532. The van der Waals surface area contributed by atoms with Gasteiger partial charge in [0.05, 0.1) is 12.3 Å². The van der Waals surface area contributed by atoms with E-state index in [0.29, 0.717) is 6.42 Å². The van der Waals surface area contributed by atoms with Gasteiger partial charge in [0.1, 0.15) is 0 Å². The summed E-state index contributed by atoms with van der Waals surface area (Å²) >= 11 is 0. The SMILES string of the molecule is CCCS(=O)(=O)N(CC(N)=O)C(C)C. The first-order valence-electron chi connectivity index (χ1n) is 4.59. The lowest BCUT2D eigenvalue weighted by molar-refractivity contribution is -0.118. The second-order valence-corrected chi connectivity index (χ2v) is 5.46. The van der Waals surface area contributed by atoms with Crippen molar-refractivity contribution in [3.63, 3.8) is 0 Å². The van der Waals surface area contributed by atoms with Crippen LogP contribution in [-0.2, 0) is 14.8 Å². The van der Waals surface area contributed by atoms with Crippen molar-refractivity contribution in [2.75, 3.05) is 12.3 Å². The van der Waals surface area contributed by atoms with E-state index in [-0.39, 0.29) is 18.3 Å². The molecule has 14 heavy (non-hydrogen) atoms. The molecule has 6 heteroatoms. The van der Waals surface area contributed by atoms with E-state index >= 15 is 0 Å². The standard InChI is InChI=1S/C8H18N2O3S/c1-4-5-14(12,13)10(7(2)3)6-8(9)11/h7H,4-6H2,1-3H3,(H2,9,11). The van der Waals surface area contributed by atoms with Crippen molar-refractivity contribution >= 4 is 15.9 Å². The molecule has 0 bridgehead atoms. The number of carbonyl (C=O) groups excluding carboxylic acids is 1. The van der Waals surface area contributed by atoms with Gasteiger partial charge in [0.2, 0.25) is 15.9 Å². The molecule has 0 heterocycles. The third-order valence-electron chi connectivity index (χ3n) is 1.71. The Labute approximate surface area is 85.3 Å². The molecule has 84 valence electrons. The molecule has 0 aliphatic carbocycles. The zero-order valence-corrected chi connectivity index (χ0v) is 9.67. The molecule has 0 fully saturated rings. The van der Waals surface area contributed by atoms with Crippen LogP contribution in [0, 0.1) is 0 Å². The van der Waals surface area contributed by atoms with Crippen molar-refractivity contribution in [3.05, 3.63) is 0 Å². The number of nitrogens with zero attached hydrogens (tertiary/aromatic N) is 1. The first-order valence-corrected chi connectivity index (χ1v) is 6.20. The second kappa shape index (κ2) is 5.31. The molecule has 2 N–H and O–H groups in total. The number of nitrogens with two attached hydrogens (primary N) is 1. The molecular weight excluding hydrogens is 204 g/mol. The summed E-state index contributed by atoms with van der Waals surface area (Å²) in [5, 5.41) is 0. The maximum absolute atomic E-state index is 11.6. The molecule has 0 saturated heterocycles. The molecule has 0 aliphatic heterocycles. The van der Waals surface area contributed by atoms with Gasteiger partial charge in [-0.3, -0.25) is 4.79 Å². The Morgan fingerprint density at radius 2 is 1.93 bits per heavy atom. The van der Waals surface area contributed by atoms with Crippen LogP contribution in [0.15, 0.2) is 0 Å². The third kappa shape index (κ3) is 4.06. The summed E-state index contributed by atoms with van der Waals surface area (Å²) in [6.45, 7) is 4.98. The van der Waals surface area contributed by atoms with Gasteiger partial charge >= 0.3 is 0 Å². The van der Waals surface area contributed by atoms with Crippen LogP contribution in [0.3, 0.4) is 0 Å². The summed E-state index contributed by atoms with van der Waals surface area (Å²) in [7, 11) is -3.33. The van der Waals surface area contributed by atoms with Crippen LogP contribution in [-0.4, -0.2) is 37.0 Å². The predicted molar refractivity (Wildman–Crippen MR) is 55.1 cm³/mol. The predicted octanol–water partition coefficient (Wildman–Crippen LogP) is -0.0781. The van der Waals surface area contributed by atoms with E-state index in [1.807, 2.05) is 0 Å². The second-order valence-electron chi connectivity index (χ2n) is 3.42. The van der Waals surface area contributed by atoms with Gasteiger partial charge in [-0.2, -0.15) is 4.31 Å². The summed E-state index contributed by atoms with van der Waals surface area (Å²) in [4.78, 5) is 10.7. The fraction of sp³-hybridized carbons (Fsp3) is 0.875. The molecule has 0 radical (unpaired) electrons. The third-order valence-corrected chi connectivity index (χ3v) is 3.90.